The first-order valence-corrected chi connectivity index (χ1v) is 8.92. The van der Waals surface area contributed by atoms with Gasteiger partial charge in [0.15, 0.2) is 18.1 Å². The first-order valence-electron chi connectivity index (χ1n) is 7.84. The van der Waals surface area contributed by atoms with E-state index in [1.54, 1.807) is 0 Å². The molecule has 1 N–H and O–H groups in total. The third-order valence-electron chi connectivity index (χ3n) is 3.87. The van der Waals surface area contributed by atoms with Gasteiger partial charge in [0.2, 0.25) is 0 Å². The fraction of sp³-hybridized carbons (Fsp3) is 0.316. The highest BCUT2D eigenvalue weighted by Gasteiger charge is 2.32. The Morgan fingerprint density at radius 1 is 1.33 bits per heavy atom. The number of para-hydroxylation sites is 1. The van der Waals surface area contributed by atoms with Gasteiger partial charge in [-0.15, -0.1) is 0 Å². The second kappa shape index (κ2) is 6.63. The molecule has 1 aliphatic rings. The summed E-state index contributed by atoms with van der Waals surface area (Å²) in [7, 11) is 0. The number of hydrogen-bond acceptors (Lipinski definition) is 3. The van der Waals surface area contributed by atoms with Crippen LogP contribution >= 0.6 is 22.6 Å². The average Bonchev–Trinajstić information content (AvgIpc) is 2.83. The highest BCUT2D eigenvalue weighted by molar-refractivity contribution is 14.1. The number of fused-ring (bicyclic) bond motifs is 1. The molecule has 0 saturated carbocycles. The second-order valence-electron chi connectivity index (χ2n) is 6.58. The van der Waals surface area contributed by atoms with Crippen LogP contribution < -0.4 is 14.8 Å². The molecule has 4 nitrogen and oxygen atoms in total. The van der Waals surface area contributed by atoms with Crippen LogP contribution in [0.2, 0.25) is 0 Å². The van der Waals surface area contributed by atoms with Crippen LogP contribution in [0.5, 0.6) is 11.5 Å². The minimum atomic E-state index is -0.233. The van der Waals surface area contributed by atoms with E-state index in [0.29, 0.717) is 5.75 Å². The Morgan fingerprint density at radius 2 is 2.12 bits per heavy atom. The molecule has 0 bridgehead atoms. The molecule has 1 heterocycles. The summed E-state index contributed by atoms with van der Waals surface area (Å²) in [4.78, 5) is 12.1. The van der Waals surface area contributed by atoms with Gasteiger partial charge < -0.3 is 14.8 Å². The number of halogens is 1. The van der Waals surface area contributed by atoms with Crippen LogP contribution in [0.25, 0.3) is 0 Å². The zero-order valence-corrected chi connectivity index (χ0v) is 16.1. The fourth-order valence-corrected chi connectivity index (χ4v) is 3.23. The van der Waals surface area contributed by atoms with E-state index in [1.165, 1.54) is 5.56 Å². The van der Waals surface area contributed by atoms with Crippen molar-refractivity contribution in [2.45, 2.75) is 32.8 Å². The molecule has 0 saturated heterocycles. The van der Waals surface area contributed by atoms with E-state index in [2.05, 4.69) is 27.9 Å². The van der Waals surface area contributed by atoms with E-state index in [4.69, 9.17) is 9.47 Å². The molecule has 0 spiro atoms. The van der Waals surface area contributed by atoms with Crippen LogP contribution in [0.3, 0.4) is 0 Å². The predicted molar refractivity (Wildman–Crippen MR) is 103 cm³/mol. The third-order valence-corrected chi connectivity index (χ3v) is 5.03. The zero-order chi connectivity index (χ0) is 17.3. The average molecular weight is 437 g/mol. The monoisotopic (exact) mass is 437 g/mol. The van der Waals surface area contributed by atoms with E-state index in [-0.39, 0.29) is 18.1 Å². The van der Waals surface area contributed by atoms with Gasteiger partial charge in [-0.3, -0.25) is 4.79 Å². The number of aryl methyl sites for hydroxylation is 1. The lowest BCUT2D eigenvalue weighted by molar-refractivity contribution is -0.118. The molecular formula is C19H20INO3. The van der Waals surface area contributed by atoms with Crippen LogP contribution in [0, 0.1) is 10.5 Å². The first kappa shape index (κ1) is 17.1. The van der Waals surface area contributed by atoms with Gasteiger partial charge in [0.1, 0.15) is 5.60 Å². The van der Waals surface area contributed by atoms with E-state index in [0.717, 1.165) is 27.0 Å². The molecule has 126 valence electrons. The third kappa shape index (κ3) is 3.83. The molecule has 0 unspecified atom stereocenters. The molecule has 0 radical (unpaired) electrons. The van der Waals surface area contributed by atoms with Crippen molar-refractivity contribution in [2.24, 2.45) is 0 Å². The molecule has 3 rings (SSSR count). The number of anilines is 1. The molecule has 0 atom stereocenters. The summed E-state index contributed by atoms with van der Waals surface area (Å²) < 4.78 is 12.8. The van der Waals surface area contributed by atoms with E-state index in [9.17, 15) is 4.79 Å². The largest absolute Gasteiger partial charge is 0.483 e. The van der Waals surface area contributed by atoms with Crippen LogP contribution in [0.4, 0.5) is 5.69 Å². The number of benzene rings is 2. The van der Waals surface area contributed by atoms with Gasteiger partial charge in [0.25, 0.3) is 5.91 Å². The maximum absolute atomic E-state index is 12.1. The second-order valence-corrected chi connectivity index (χ2v) is 7.75. The van der Waals surface area contributed by atoms with Gasteiger partial charge in [-0.2, -0.15) is 0 Å². The normalized spacial score (nSPS) is 14.7. The van der Waals surface area contributed by atoms with Crippen molar-refractivity contribution in [2.75, 3.05) is 11.9 Å². The summed E-state index contributed by atoms with van der Waals surface area (Å²) in [6, 6.07) is 11.6. The number of hydrogen-bond donors (Lipinski definition) is 1. The lowest BCUT2D eigenvalue weighted by atomic mass is 10.0. The van der Waals surface area contributed by atoms with E-state index in [1.807, 2.05) is 57.2 Å². The van der Waals surface area contributed by atoms with Gasteiger partial charge in [0.05, 0.1) is 0 Å². The van der Waals surface area contributed by atoms with Gasteiger partial charge in [0, 0.05) is 21.2 Å². The molecule has 1 aliphatic heterocycles. The summed E-state index contributed by atoms with van der Waals surface area (Å²) in [6.07, 6.45) is 0.841. The van der Waals surface area contributed by atoms with Gasteiger partial charge in [-0.05, 0) is 67.1 Å². The van der Waals surface area contributed by atoms with Crippen LogP contribution in [0.1, 0.15) is 25.0 Å². The number of carbonyl (C=O) groups excluding carboxylic acids is 1. The van der Waals surface area contributed by atoms with Gasteiger partial charge in [-0.1, -0.05) is 18.2 Å². The summed E-state index contributed by atoms with van der Waals surface area (Å²) >= 11 is 2.25. The highest BCUT2D eigenvalue weighted by Crippen LogP contribution is 2.41. The Kier molecular flexibility index (Phi) is 4.71. The van der Waals surface area contributed by atoms with Crippen molar-refractivity contribution >= 4 is 34.2 Å². The summed E-state index contributed by atoms with van der Waals surface area (Å²) in [5.74, 6) is 1.18. The van der Waals surface area contributed by atoms with E-state index >= 15 is 0 Å². The molecule has 2 aromatic rings. The highest BCUT2D eigenvalue weighted by atomic mass is 127. The number of rotatable bonds is 4. The molecule has 0 aromatic heterocycles. The minimum absolute atomic E-state index is 0.0509. The Morgan fingerprint density at radius 3 is 2.88 bits per heavy atom. The molecule has 0 fully saturated rings. The molecule has 1 amide bonds. The maximum Gasteiger partial charge on any atom is 0.262 e. The molecule has 0 aliphatic carbocycles. The Hall–Kier alpha value is -1.76. The number of nitrogens with one attached hydrogen (secondary N) is 1. The van der Waals surface area contributed by atoms with Crippen LogP contribution in [-0.2, 0) is 11.2 Å². The fourth-order valence-electron chi connectivity index (χ4n) is 2.71. The van der Waals surface area contributed by atoms with Gasteiger partial charge in [-0.25, -0.2) is 0 Å². The SMILES string of the molecule is Cc1ccc(NC(=O)COc2cccc3c2OC(C)(C)C3)cc1I. The van der Waals surface area contributed by atoms with Gasteiger partial charge >= 0.3 is 0 Å². The standard InChI is InChI=1S/C19H20INO3/c1-12-7-8-14(9-15(12)20)21-17(22)11-23-16-6-4-5-13-10-19(2,3)24-18(13)16/h4-9H,10-11H2,1-3H3,(H,21,22). The van der Waals surface area contributed by atoms with Crippen molar-refractivity contribution < 1.29 is 14.3 Å². The van der Waals surface area contributed by atoms with Crippen LogP contribution in [0.15, 0.2) is 36.4 Å². The predicted octanol–water partition coefficient (Wildman–Crippen LogP) is 4.33. The molecule has 5 heteroatoms. The number of carbonyl (C=O) groups is 1. The Bertz CT molecular complexity index is 786. The lowest BCUT2D eigenvalue weighted by Gasteiger charge is -2.18. The maximum atomic E-state index is 12.1. The topological polar surface area (TPSA) is 47.6 Å². The number of ether oxygens (including phenoxy) is 2. The van der Waals surface area contributed by atoms with E-state index < -0.39 is 0 Å². The van der Waals surface area contributed by atoms with Crippen LogP contribution in [-0.4, -0.2) is 18.1 Å². The number of amides is 1. The Labute approximate surface area is 155 Å². The zero-order valence-electron chi connectivity index (χ0n) is 14.0. The van der Waals surface area contributed by atoms with Crippen molar-refractivity contribution in [3.05, 3.63) is 51.1 Å². The molecule has 2 aromatic carbocycles. The smallest absolute Gasteiger partial charge is 0.262 e. The van der Waals surface area contributed by atoms with Crippen molar-refractivity contribution in [3.63, 3.8) is 0 Å². The first-order chi connectivity index (χ1) is 11.3. The minimum Gasteiger partial charge on any atom is -0.483 e. The quantitative estimate of drug-likeness (QED) is 0.725. The summed E-state index contributed by atoms with van der Waals surface area (Å²) in [5, 5.41) is 2.85. The molecular weight excluding hydrogens is 417 g/mol. The van der Waals surface area contributed by atoms with Crippen molar-refractivity contribution in [1.29, 1.82) is 0 Å². The Balaban J connectivity index is 1.63. The summed E-state index contributed by atoms with van der Waals surface area (Å²) in [5.41, 5.74) is 2.84. The molecule has 24 heavy (non-hydrogen) atoms. The van der Waals surface area contributed by atoms with Crippen molar-refractivity contribution in [1.82, 2.24) is 0 Å². The van der Waals surface area contributed by atoms with Crippen molar-refractivity contribution in [3.8, 4) is 11.5 Å². The lowest BCUT2D eigenvalue weighted by Crippen LogP contribution is -2.25. The summed E-state index contributed by atoms with van der Waals surface area (Å²) in [6.45, 7) is 6.07.